The quantitative estimate of drug-likeness (QED) is 0.471. The summed E-state index contributed by atoms with van der Waals surface area (Å²) >= 11 is 4.56. The SMILES string of the molecule is C=C(C)c1cc(I)c(OC(C)OCC)c(I)c1. The second kappa shape index (κ2) is 6.94. The number of rotatable bonds is 5. The summed E-state index contributed by atoms with van der Waals surface area (Å²) < 4.78 is 13.3. The van der Waals surface area contributed by atoms with Gasteiger partial charge in [-0.1, -0.05) is 12.2 Å². The third-order valence-corrected chi connectivity index (χ3v) is 3.78. The van der Waals surface area contributed by atoms with Gasteiger partial charge in [0.2, 0.25) is 0 Å². The van der Waals surface area contributed by atoms with Crippen molar-refractivity contribution in [1.82, 2.24) is 0 Å². The van der Waals surface area contributed by atoms with Crippen LogP contribution in [0.2, 0.25) is 0 Å². The van der Waals surface area contributed by atoms with Crippen molar-refractivity contribution in [2.75, 3.05) is 6.61 Å². The van der Waals surface area contributed by atoms with E-state index >= 15 is 0 Å². The summed E-state index contributed by atoms with van der Waals surface area (Å²) in [7, 11) is 0. The lowest BCUT2D eigenvalue weighted by atomic mass is 10.1. The summed E-state index contributed by atoms with van der Waals surface area (Å²) in [5.41, 5.74) is 2.21. The number of allylic oxidation sites excluding steroid dienone is 1. The summed E-state index contributed by atoms with van der Waals surface area (Å²) in [6.45, 7) is 10.5. The van der Waals surface area contributed by atoms with Gasteiger partial charge in [0, 0.05) is 6.61 Å². The van der Waals surface area contributed by atoms with E-state index in [2.05, 4.69) is 63.9 Å². The molecule has 0 fully saturated rings. The van der Waals surface area contributed by atoms with Crippen LogP contribution < -0.4 is 4.74 Å². The van der Waals surface area contributed by atoms with Crippen molar-refractivity contribution in [3.63, 3.8) is 0 Å². The molecule has 0 bridgehead atoms. The minimum absolute atomic E-state index is 0.224. The van der Waals surface area contributed by atoms with Gasteiger partial charge in [-0.05, 0) is 83.6 Å². The van der Waals surface area contributed by atoms with E-state index in [9.17, 15) is 0 Å². The zero-order chi connectivity index (χ0) is 13.0. The molecule has 1 aromatic carbocycles. The molecule has 17 heavy (non-hydrogen) atoms. The third-order valence-electron chi connectivity index (χ3n) is 2.18. The molecule has 0 aromatic heterocycles. The highest BCUT2D eigenvalue weighted by Gasteiger charge is 2.12. The Balaban J connectivity index is 2.97. The Hall–Kier alpha value is 0.180. The average Bonchev–Trinajstić information content (AvgIpc) is 2.23. The number of benzene rings is 1. The van der Waals surface area contributed by atoms with E-state index in [0.29, 0.717) is 6.61 Å². The summed E-state index contributed by atoms with van der Waals surface area (Å²) in [6.07, 6.45) is -0.224. The zero-order valence-electron chi connectivity index (χ0n) is 10.2. The van der Waals surface area contributed by atoms with Crippen molar-refractivity contribution < 1.29 is 9.47 Å². The first kappa shape index (κ1) is 15.2. The lowest BCUT2D eigenvalue weighted by Crippen LogP contribution is -2.17. The van der Waals surface area contributed by atoms with E-state index in [0.717, 1.165) is 24.0 Å². The molecule has 4 heteroatoms. The maximum absolute atomic E-state index is 5.78. The summed E-state index contributed by atoms with van der Waals surface area (Å²) in [6, 6.07) is 4.16. The molecule has 2 nitrogen and oxygen atoms in total. The Morgan fingerprint density at radius 1 is 1.35 bits per heavy atom. The van der Waals surface area contributed by atoms with E-state index in [1.165, 1.54) is 0 Å². The van der Waals surface area contributed by atoms with Gasteiger partial charge in [-0.25, -0.2) is 0 Å². The highest BCUT2D eigenvalue weighted by atomic mass is 127. The Morgan fingerprint density at radius 2 is 1.88 bits per heavy atom. The van der Waals surface area contributed by atoms with Gasteiger partial charge in [0.1, 0.15) is 5.75 Å². The molecule has 1 rings (SSSR count). The van der Waals surface area contributed by atoms with Gasteiger partial charge >= 0.3 is 0 Å². The average molecular weight is 458 g/mol. The van der Waals surface area contributed by atoms with Gasteiger partial charge in [-0.2, -0.15) is 0 Å². The summed E-state index contributed by atoms with van der Waals surface area (Å²) in [5.74, 6) is 0.886. The highest BCUT2D eigenvalue weighted by molar-refractivity contribution is 14.1. The van der Waals surface area contributed by atoms with Crippen LogP contribution in [-0.4, -0.2) is 12.9 Å². The number of halogens is 2. The maximum Gasteiger partial charge on any atom is 0.197 e. The van der Waals surface area contributed by atoms with Crippen LogP contribution in [0, 0.1) is 7.14 Å². The summed E-state index contributed by atoms with van der Waals surface area (Å²) in [5, 5.41) is 0. The maximum atomic E-state index is 5.78. The van der Waals surface area contributed by atoms with Crippen molar-refractivity contribution in [2.45, 2.75) is 27.1 Å². The first-order valence-electron chi connectivity index (χ1n) is 5.38. The molecule has 94 valence electrons. The molecule has 0 heterocycles. The van der Waals surface area contributed by atoms with Crippen molar-refractivity contribution in [1.29, 1.82) is 0 Å². The molecule has 0 radical (unpaired) electrons. The van der Waals surface area contributed by atoms with Gasteiger partial charge in [0.05, 0.1) is 7.14 Å². The first-order chi connectivity index (χ1) is 7.95. The van der Waals surface area contributed by atoms with Crippen LogP contribution in [-0.2, 0) is 4.74 Å². The second-order valence-corrected chi connectivity index (χ2v) is 6.01. The Bertz CT molecular complexity index is 393. The van der Waals surface area contributed by atoms with E-state index in [-0.39, 0.29) is 6.29 Å². The smallest absolute Gasteiger partial charge is 0.197 e. The predicted molar refractivity (Wildman–Crippen MR) is 88.3 cm³/mol. The van der Waals surface area contributed by atoms with Crippen LogP contribution in [0.15, 0.2) is 18.7 Å². The molecule has 0 N–H and O–H groups in total. The Kier molecular flexibility index (Phi) is 6.22. The van der Waals surface area contributed by atoms with Gasteiger partial charge in [0.15, 0.2) is 6.29 Å². The van der Waals surface area contributed by atoms with Crippen LogP contribution in [0.1, 0.15) is 26.3 Å². The minimum atomic E-state index is -0.224. The molecular formula is C13H16I2O2. The topological polar surface area (TPSA) is 18.5 Å². The number of ether oxygens (including phenoxy) is 2. The van der Waals surface area contributed by atoms with Crippen LogP contribution in [0.3, 0.4) is 0 Å². The summed E-state index contributed by atoms with van der Waals surface area (Å²) in [4.78, 5) is 0. The van der Waals surface area contributed by atoms with Crippen molar-refractivity contribution >= 4 is 50.8 Å². The fraction of sp³-hybridized carbons (Fsp3) is 0.385. The van der Waals surface area contributed by atoms with Crippen LogP contribution in [0.25, 0.3) is 5.57 Å². The predicted octanol–water partition coefficient (Wildman–Crippen LogP) is 4.69. The van der Waals surface area contributed by atoms with Crippen LogP contribution >= 0.6 is 45.2 Å². The zero-order valence-corrected chi connectivity index (χ0v) is 14.5. The number of hydrogen-bond donors (Lipinski definition) is 0. The normalized spacial score (nSPS) is 12.3. The molecule has 0 aliphatic heterocycles. The van der Waals surface area contributed by atoms with Gasteiger partial charge < -0.3 is 9.47 Å². The van der Waals surface area contributed by atoms with E-state index in [1.807, 2.05) is 20.8 Å². The lowest BCUT2D eigenvalue weighted by molar-refractivity contribution is -0.0622. The molecule has 0 spiro atoms. The monoisotopic (exact) mass is 458 g/mol. The van der Waals surface area contributed by atoms with Crippen molar-refractivity contribution in [3.05, 3.63) is 31.4 Å². The number of hydrogen-bond acceptors (Lipinski definition) is 2. The Morgan fingerprint density at radius 3 is 2.29 bits per heavy atom. The lowest BCUT2D eigenvalue weighted by Gasteiger charge is -2.17. The van der Waals surface area contributed by atoms with E-state index in [4.69, 9.17) is 9.47 Å². The molecule has 0 aliphatic carbocycles. The highest BCUT2D eigenvalue weighted by Crippen LogP contribution is 2.31. The van der Waals surface area contributed by atoms with E-state index < -0.39 is 0 Å². The largest absolute Gasteiger partial charge is 0.463 e. The molecule has 0 amide bonds. The van der Waals surface area contributed by atoms with E-state index in [1.54, 1.807) is 0 Å². The molecule has 0 aliphatic rings. The van der Waals surface area contributed by atoms with Gasteiger partial charge in [-0.3, -0.25) is 0 Å². The van der Waals surface area contributed by atoms with Crippen LogP contribution in [0.5, 0.6) is 5.75 Å². The molecule has 1 aromatic rings. The van der Waals surface area contributed by atoms with Gasteiger partial charge in [0.25, 0.3) is 0 Å². The molecule has 1 atom stereocenters. The van der Waals surface area contributed by atoms with Crippen LogP contribution in [0.4, 0.5) is 0 Å². The standard InChI is InChI=1S/C13H16I2O2/c1-5-16-9(4)17-13-11(14)6-10(8(2)3)7-12(13)15/h6-7,9H,2,5H2,1,3-4H3. The molecule has 1 unspecified atom stereocenters. The fourth-order valence-corrected chi connectivity index (χ4v) is 3.38. The second-order valence-electron chi connectivity index (χ2n) is 3.69. The first-order valence-corrected chi connectivity index (χ1v) is 7.54. The fourth-order valence-electron chi connectivity index (χ4n) is 1.35. The third kappa shape index (κ3) is 4.40. The molecular weight excluding hydrogens is 442 g/mol. The molecule has 0 saturated heterocycles. The van der Waals surface area contributed by atoms with Gasteiger partial charge in [-0.15, -0.1) is 0 Å². The minimum Gasteiger partial charge on any atom is -0.463 e. The molecule has 0 saturated carbocycles. The van der Waals surface area contributed by atoms with Crippen molar-refractivity contribution in [3.8, 4) is 5.75 Å². The van der Waals surface area contributed by atoms with Crippen molar-refractivity contribution in [2.24, 2.45) is 0 Å². The Labute approximate surface area is 130 Å².